The van der Waals surface area contributed by atoms with Gasteiger partial charge < -0.3 is 25.0 Å². The molecule has 6 aromatic rings. The number of nitrogens with zero attached hydrogens (tertiary/aromatic N) is 4. The molecule has 0 spiro atoms. The monoisotopic (exact) mass is 792 g/mol. The van der Waals surface area contributed by atoms with Gasteiger partial charge in [0, 0.05) is 23.4 Å². The third kappa shape index (κ3) is 9.68. The van der Waals surface area contributed by atoms with Gasteiger partial charge in [-0.15, -0.1) is 5.10 Å². The quantitative estimate of drug-likeness (QED) is 0.0947. The summed E-state index contributed by atoms with van der Waals surface area (Å²) in [4.78, 5) is 14.0. The second-order valence-corrected chi connectivity index (χ2v) is 16.0. The highest BCUT2D eigenvalue weighted by molar-refractivity contribution is 7.99. The Bertz CT molecular complexity index is 2340. The molecule has 1 unspecified atom stereocenters. The summed E-state index contributed by atoms with van der Waals surface area (Å²) in [5, 5.41) is 35.0. The van der Waals surface area contributed by atoms with E-state index in [1.54, 1.807) is 59.3 Å². The number of hydrogen-bond donors (Lipinski definition) is 4. The highest BCUT2D eigenvalue weighted by Gasteiger charge is 2.33. The molecule has 1 aromatic heterocycles. The fraction of sp³-hybridized carbons (Fsp3) is 0.220. The van der Waals surface area contributed by atoms with Gasteiger partial charge in [-0.25, -0.2) is 8.42 Å². The van der Waals surface area contributed by atoms with Crippen LogP contribution in [-0.4, -0.2) is 62.6 Å². The second-order valence-electron chi connectivity index (χ2n) is 13.3. The summed E-state index contributed by atoms with van der Waals surface area (Å²) in [5.74, 6) is 0.0752. The zero-order valence-corrected chi connectivity index (χ0v) is 31.9. The van der Waals surface area contributed by atoms with E-state index in [0.29, 0.717) is 34.3 Å². The number of aryl methyl sites for hydroxylation is 1. The van der Waals surface area contributed by atoms with E-state index in [4.69, 9.17) is 9.47 Å². The van der Waals surface area contributed by atoms with Crippen LogP contribution in [0.5, 0.6) is 5.75 Å². The Labute approximate surface area is 328 Å². The molecule has 1 amide bonds. The topological polar surface area (TPSA) is 178 Å². The molecule has 56 heavy (non-hydrogen) atoms. The van der Waals surface area contributed by atoms with E-state index in [1.165, 1.54) is 23.9 Å². The highest BCUT2D eigenvalue weighted by Crippen LogP contribution is 2.40. The molecule has 1 fully saturated rings. The van der Waals surface area contributed by atoms with Gasteiger partial charge in [-0.2, -0.15) is 9.40 Å². The number of phenolic OH excluding ortho intramolecular Hbond substituents is 1. The number of rotatable bonds is 14. The molecule has 15 heteroatoms. The van der Waals surface area contributed by atoms with Crippen LogP contribution in [0.15, 0.2) is 137 Å². The third-order valence-electron chi connectivity index (χ3n) is 9.20. The Balaban J connectivity index is 1.11. The number of aromatic nitrogens is 4. The van der Waals surface area contributed by atoms with Crippen LogP contribution in [0, 0.1) is 6.92 Å². The standard InChI is InChI=1S/C41H40N6O7S2/c1-27-10-20-36(21-11-27)56(51,52)44-37(22-28-6-3-2-4-7-28)39(50)42-32-9-5-8-31(23-32)40-53-35(24-38(54-40)30-14-12-29(25-48)13-15-30)26-55-41-43-45-46-47(41)33-16-18-34(49)19-17-33/h2-21,23,35,37-38,40,44,48-49H,22,24-26H2,1H3,(H,42,50)/t35-,37+,38+,40?/m0/s1. The molecule has 0 bridgehead atoms. The van der Waals surface area contributed by atoms with Crippen molar-refractivity contribution in [3.8, 4) is 11.4 Å². The van der Waals surface area contributed by atoms with Gasteiger partial charge in [-0.1, -0.05) is 96.2 Å². The molecule has 1 aliphatic rings. The first-order valence-corrected chi connectivity index (χ1v) is 20.4. The number of tetrazole rings is 1. The zero-order valence-electron chi connectivity index (χ0n) is 30.3. The van der Waals surface area contributed by atoms with Crippen LogP contribution in [0.2, 0.25) is 0 Å². The number of anilines is 1. The van der Waals surface area contributed by atoms with E-state index >= 15 is 0 Å². The Hall–Kier alpha value is -5.42. The number of phenols is 1. The predicted octanol–water partition coefficient (Wildman–Crippen LogP) is 6.03. The van der Waals surface area contributed by atoms with Crippen molar-refractivity contribution in [2.24, 2.45) is 0 Å². The molecule has 2 heterocycles. The van der Waals surface area contributed by atoms with Gasteiger partial charge in [0.2, 0.25) is 21.1 Å². The molecule has 1 saturated heterocycles. The molecule has 7 rings (SSSR count). The number of sulfonamides is 1. The number of benzene rings is 5. The van der Waals surface area contributed by atoms with E-state index in [-0.39, 0.29) is 35.9 Å². The fourth-order valence-corrected chi connectivity index (χ4v) is 8.32. The van der Waals surface area contributed by atoms with E-state index in [0.717, 1.165) is 22.3 Å². The number of aliphatic hydroxyl groups excluding tert-OH is 1. The highest BCUT2D eigenvalue weighted by atomic mass is 32.2. The molecule has 1 aliphatic heterocycles. The van der Waals surface area contributed by atoms with Crippen LogP contribution in [-0.2, 0) is 37.3 Å². The van der Waals surface area contributed by atoms with Crippen molar-refractivity contribution in [3.05, 3.63) is 155 Å². The van der Waals surface area contributed by atoms with E-state index in [2.05, 4.69) is 25.6 Å². The first kappa shape index (κ1) is 38.8. The molecule has 4 atom stereocenters. The number of amides is 1. The maximum Gasteiger partial charge on any atom is 0.242 e. The lowest BCUT2D eigenvalue weighted by atomic mass is 10.0. The normalized spacial score (nSPS) is 17.6. The molecule has 4 N–H and O–H groups in total. The van der Waals surface area contributed by atoms with Crippen molar-refractivity contribution < 1.29 is 32.9 Å². The number of thioether (sulfide) groups is 1. The third-order valence-corrected chi connectivity index (χ3v) is 11.7. The van der Waals surface area contributed by atoms with Crippen molar-refractivity contribution in [1.29, 1.82) is 0 Å². The molecular weight excluding hydrogens is 753 g/mol. The van der Waals surface area contributed by atoms with Crippen LogP contribution in [0.25, 0.3) is 5.69 Å². The lowest BCUT2D eigenvalue weighted by Gasteiger charge is -2.36. The van der Waals surface area contributed by atoms with Gasteiger partial charge in [0.1, 0.15) is 11.8 Å². The Kier molecular flexibility index (Phi) is 12.2. The summed E-state index contributed by atoms with van der Waals surface area (Å²) in [7, 11) is -4.03. The number of carbonyl (C=O) groups is 1. The zero-order chi connectivity index (χ0) is 39.1. The lowest BCUT2D eigenvalue weighted by Crippen LogP contribution is -2.45. The first-order valence-electron chi connectivity index (χ1n) is 17.9. The summed E-state index contributed by atoms with van der Waals surface area (Å²) < 4.78 is 44.2. The van der Waals surface area contributed by atoms with Crippen LogP contribution in [0.4, 0.5) is 5.69 Å². The predicted molar refractivity (Wildman–Crippen MR) is 210 cm³/mol. The molecule has 0 radical (unpaired) electrons. The first-order chi connectivity index (χ1) is 27.1. The van der Waals surface area contributed by atoms with Crippen molar-refractivity contribution in [1.82, 2.24) is 24.9 Å². The van der Waals surface area contributed by atoms with Crippen LogP contribution in [0.3, 0.4) is 0 Å². The number of hydrogen-bond acceptors (Lipinski definition) is 11. The molecule has 13 nitrogen and oxygen atoms in total. The summed E-state index contributed by atoms with van der Waals surface area (Å²) in [5.41, 5.74) is 5.15. The minimum absolute atomic E-state index is 0.0627. The van der Waals surface area contributed by atoms with Gasteiger partial charge in [0.15, 0.2) is 6.29 Å². The van der Waals surface area contributed by atoms with Crippen LogP contribution in [0.1, 0.15) is 46.6 Å². The summed E-state index contributed by atoms with van der Waals surface area (Å²) in [6.45, 7) is 1.79. The van der Waals surface area contributed by atoms with Gasteiger partial charge in [0.05, 0.1) is 29.4 Å². The number of nitrogens with one attached hydrogen (secondary N) is 2. The van der Waals surface area contributed by atoms with Crippen molar-refractivity contribution in [3.63, 3.8) is 0 Å². The molecule has 0 saturated carbocycles. The van der Waals surface area contributed by atoms with Crippen LogP contribution >= 0.6 is 11.8 Å². The van der Waals surface area contributed by atoms with Crippen molar-refractivity contribution in [2.45, 2.75) is 61.0 Å². The fourth-order valence-electron chi connectivity index (χ4n) is 6.22. The number of carbonyl (C=O) groups excluding carboxylic acids is 1. The Morgan fingerprint density at radius 3 is 2.38 bits per heavy atom. The van der Waals surface area contributed by atoms with Gasteiger partial charge >= 0.3 is 0 Å². The van der Waals surface area contributed by atoms with Gasteiger partial charge in [0.25, 0.3) is 0 Å². The van der Waals surface area contributed by atoms with Gasteiger partial charge in [-0.3, -0.25) is 4.79 Å². The van der Waals surface area contributed by atoms with Gasteiger partial charge in [-0.05, 0) is 89.0 Å². The number of ether oxygens (including phenoxy) is 2. The average Bonchev–Trinajstić information content (AvgIpc) is 3.69. The minimum atomic E-state index is -4.03. The van der Waals surface area contributed by atoms with E-state index in [9.17, 15) is 23.4 Å². The van der Waals surface area contributed by atoms with Crippen LogP contribution < -0.4 is 10.0 Å². The lowest BCUT2D eigenvalue weighted by molar-refractivity contribution is -0.245. The van der Waals surface area contributed by atoms with Crippen molar-refractivity contribution >= 4 is 33.4 Å². The van der Waals surface area contributed by atoms with E-state index < -0.39 is 28.3 Å². The van der Waals surface area contributed by atoms with Crippen molar-refractivity contribution in [2.75, 3.05) is 11.1 Å². The maximum absolute atomic E-state index is 13.9. The second kappa shape index (κ2) is 17.6. The Morgan fingerprint density at radius 2 is 1.64 bits per heavy atom. The molecule has 5 aromatic carbocycles. The summed E-state index contributed by atoms with van der Waals surface area (Å²) in [6, 6.07) is 35.8. The number of aliphatic hydroxyl groups is 1. The SMILES string of the molecule is Cc1ccc(S(=O)(=O)N[C@H](Cc2ccccc2)C(=O)Nc2cccc(C3O[C@H](CSc4nnnn4-c4ccc(O)cc4)C[C@H](c4ccc(CO)cc4)O3)c2)cc1. The average molecular weight is 793 g/mol. The minimum Gasteiger partial charge on any atom is -0.508 e. The largest absolute Gasteiger partial charge is 0.508 e. The summed E-state index contributed by atoms with van der Waals surface area (Å²) >= 11 is 1.42. The number of aromatic hydroxyl groups is 1. The molecular formula is C41H40N6O7S2. The smallest absolute Gasteiger partial charge is 0.242 e. The summed E-state index contributed by atoms with van der Waals surface area (Å²) in [6.07, 6.45) is -0.886. The van der Waals surface area contributed by atoms with E-state index in [1.807, 2.05) is 67.6 Å². The molecule has 288 valence electrons. The Morgan fingerprint density at radius 1 is 0.893 bits per heavy atom. The maximum atomic E-state index is 13.9. The molecule has 0 aliphatic carbocycles.